The summed E-state index contributed by atoms with van der Waals surface area (Å²) < 4.78 is 0. The fourth-order valence-corrected chi connectivity index (χ4v) is 1.44. The lowest BCUT2D eigenvalue weighted by Gasteiger charge is -2.30. The molecule has 2 N–H and O–H groups in total. The molecule has 0 heterocycles. The highest BCUT2D eigenvalue weighted by Crippen LogP contribution is 2.29. The van der Waals surface area contributed by atoms with Crippen LogP contribution in [0.25, 0.3) is 0 Å². The van der Waals surface area contributed by atoms with Gasteiger partial charge in [-0.3, -0.25) is 0 Å². The number of hydrogen-bond acceptors (Lipinski definition) is 1. The van der Waals surface area contributed by atoms with Gasteiger partial charge in [-0.2, -0.15) is 0 Å². The first-order valence-corrected chi connectivity index (χ1v) is 5.29. The summed E-state index contributed by atoms with van der Waals surface area (Å²) in [5.41, 5.74) is 8.13. The van der Waals surface area contributed by atoms with Crippen LogP contribution in [-0.4, -0.2) is 0 Å². The molecule has 0 fully saturated rings. The molecule has 0 bridgehead atoms. The van der Waals surface area contributed by atoms with Gasteiger partial charge in [0, 0.05) is 10.6 Å². The van der Waals surface area contributed by atoms with Gasteiger partial charge < -0.3 is 5.73 Å². The maximum absolute atomic E-state index is 6.24. The molecule has 14 heavy (non-hydrogen) atoms. The van der Waals surface area contributed by atoms with E-state index in [-0.39, 0.29) is 5.54 Å². The van der Waals surface area contributed by atoms with Crippen molar-refractivity contribution < 1.29 is 0 Å². The molecule has 0 aliphatic carbocycles. The summed E-state index contributed by atoms with van der Waals surface area (Å²) in [6.45, 7) is 8.27. The van der Waals surface area contributed by atoms with Crippen LogP contribution in [0.5, 0.6) is 0 Å². The predicted molar refractivity (Wildman–Crippen MR) is 62.6 cm³/mol. The molecule has 1 rings (SSSR count). The maximum atomic E-state index is 6.24. The SMILES string of the molecule is Cc1ccc(C(C)(N)C(C)C)cc1Cl. The number of rotatable bonds is 2. The quantitative estimate of drug-likeness (QED) is 0.797. The smallest absolute Gasteiger partial charge is 0.0438 e. The molecular weight excluding hydrogens is 194 g/mol. The Morgan fingerprint density at radius 3 is 2.36 bits per heavy atom. The molecule has 0 spiro atoms. The zero-order chi connectivity index (χ0) is 10.9. The second kappa shape index (κ2) is 3.92. The lowest BCUT2D eigenvalue weighted by atomic mass is 9.82. The third-order valence-electron chi connectivity index (χ3n) is 2.99. The summed E-state index contributed by atoms with van der Waals surface area (Å²) in [6.07, 6.45) is 0. The largest absolute Gasteiger partial charge is 0.321 e. The van der Waals surface area contributed by atoms with Crippen LogP contribution in [0.1, 0.15) is 31.9 Å². The first kappa shape index (κ1) is 11.5. The molecule has 1 nitrogen and oxygen atoms in total. The Labute approximate surface area is 91.3 Å². The molecule has 0 aromatic heterocycles. The van der Waals surface area contributed by atoms with Crippen LogP contribution in [0, 0.1) is 12.8 Å². The summed E-state index contributed by atoms with van der Waals surface area (Å²) >= 11 is 6.07. The van der Waals surface area contributed by atoms with Gasteiger partial charge in [0.25, 0.3) is 0 Å². The van der Waals surface area contributed by atoms with Crippen molar-refractivity contribution >= 4 is 11.6 Å². The summed E-state index contributed by atoms with van der Waals surface area (Å²) in [4.78, 5) is 0. The van der Waals surface area contributed by atoms with Crippen LogP contribution in [0.2, 0.25) is 5.02 Å². The Morgan fingerprint density at radius 1 is 1.36 bits per heavy atom. The molecule has 1 aromatic carbocycles. The number of aryl methyl sites for hydroxylation is 1. The molecule has 0 amide bonds. The van der Waals surface area contributed by atoms with Gasteiger partial charge in [0.1, 0.15) is 0 Å². The van der Waals surface area contributed by atoms with Gasteiger partial charge in [0.15, 0.2) is 0 Å². The van der Waals surface area contributed by atoms with Crippen LogP contribution >= 0.6 is 11.6 Å². The second-order valence-corrected chi connectivity index (χ2v) is 4.81. The van der Waals surface area contributed by atoms with E-state index in [1.54, 1.807) is 0 Å². The van der Waals surface area contributed by atoms with E-state index in [4.69, 9.17) is 17.3 Å². The minimum absolute atomic E-state index is 0.308. The first-order chi connectivity index (χ1) is 6.35. The van der Waals surface area contributed by atoms with Crippen molar-refractivity contribution in [2.75, 3.05) is 0 Å². The summed E-state index contributed by atoms with van der Waals surface area (Å²) in [5, 5.41) is 0.792. The Bertz CT molecular complexity index is 329. The molecule has 78 valence electrons. The van der Waals surface area contributed by atoms with Crippen molar-refractivity contribution in [2.45, 2.75) is 33.2 Å². The summed E-state index contributed by atoms with van der Waals surface area (Å²) in [7, 11) is 0. The first-order valence-electron chi connectivity index (χ1n) is 4.91. The van der Waals surface area contributed by atoms with Gasteiger partial charge in [-0.15, -0.1) is 0 Å². The van der Waals surface area contributed by atoms with Gasteiger partial charge in [-0.25, -0.2) is 0 Å². The average Bonchev–Trinajstić information content (AvgIpc) is 2.09. The zero-order valence-corrected chi connectivity index (χ0v) is 10.0. The van der Waals surface area contributed by atoms with Crippen molar-refractivity contribution in [1.29, 1.82) is 0 Å². The van der Waals surface area contributed by atoms with E-state index in [0.717, 1.165) is 16.1 Å². The minimum Gasteiger partial charge on any atom is -0.321 e. The number of nitrogens with two attached hydrogens (primary N) is 1. The predicted octanol–water partition coefficient (Wildman–Crippen LogP) is 3.48. The lowest BCUT2D eigenvalue weighted by molar-refractivity contribution is 0.350. The Morgan fingerprint density at radius 2 is 1.93 bits per heavy atom. The molecule has 1 aromatic rings. The number of benzene rings is 1. The Kier molecular flexibility index (Phi) is 3.23. The molecule has 0 saturated carbocycles. The van der Waals surface area contributed by atoms with E-state index in [0.29, 0.717) is 5.92 Å². The molecule has 0 radical (unpaired) electrons. The topological polar surface area (TPSA) is 26.0 Å². The molecule has 1 unspecified atom stereocenters. The van der Waals surface area contributed by atoms with Crippen LogP contribution in [0.4, 0.5) is 0 Å². The third-order valence-corrected chi connectivity index (χ3v) is 3.40. The van der Waals surface area contributed by atoms with Crippen LogP contribution in [-0.2, 0) is 5.54 Å². The monoisotopic (exact) mass is 211 g/mol. The molecule has 0 aliphatic rings. The van der Waals surface area contributed by atoms with Crippen LogP contribution in [0.3, 0.4) is 0 Å². The van der Waals surface area contributed by atoms with Gasteiger partial charge in [0.2, 0.25) is 0 Å². The van der Waals surface area contributed by atoms with Gasteiger partial charge in [-0.05, 0) is 37.0 Å². The highest BCUT2D eigenvalue weighted by atomic mass is 35.5. The third kappa shape index (κ3) is 2.10. The van der Waals surface area contributed by atoms with Crippen molar-refractivity contribution in [1.82, 2.24) is 0 Å². The molecule has 0 saturated heterocycles. The van der Waals surface area contributed by atoms with E-state index in [1.807, 2.05) is 26.0 Å². The number of halogens is 1. The fraction of sp³-hybridized carbons (Fsp3) is 0.500. The molecule has 0 aliphatic heterocycles. The van der Waals surface area contributed by atoms with Gasteiger partial charge >= 0.3 is 0 Å². The van der Waals surface area contributed by atoms with Crippen molar-refractivity contribution in [2.24, 2.45) is 11.7 Å². The fourth-order valence-electron chi connectivity index (χ4n) is 1.26. The van der Waals surface area contributed by atoms with E-state index in [2.05, 4.69) is 19.9 Å². The maximum Gasteiger partial charge on any atom is 0.0438 e. The second-order valence-electron chi connectivity index (χ2n) is 4.40. The standard InChI is InChI=1S/C12H18ClN/c1-8(2)12(4,14)10-6-5-9(3)11(13)7-10/h5-8H,14H2,1-4H3. The Hall–Kier alpha value is -0.530. The van der Waals surface area contributed by atoms with Crippen molar-refractivity contribution in [3.05, 3.63) is 34.3 Å². The van der Waals surface area contributed by atoms with Crippen molar-refractivity contribution in [3.8, 4) is 0 Å². The highest BCUT2D eigenvalue weighted by Gasteiger charge is 2.25. The van der Waals surface area contributed by atoms with Gasteiger partial charge in [0.05, 0.1) is 0 Å². The summed E-state index contributed by atoms with van der Waals surface area (Å²) in [6, 6.07) is 6.04. The van der Waals surface area contributed by atoms with Crippen LogP contribution in [0.15, 0.2) is 18.2 Å². The van der Waals surface area contributed by atoms with E-state index < -0.39 is 0 Å². The van der Waals surface area contributed by atoms with Crippen LogP contribution < -0.4 is 5.73 Å². The number of hydrogen-bond donors (Lipinski definition) is 1. The van der Waals surface area contributed by atoms with E-state index >= 15 is 0 Å². The van der Waals surface area contributed by atoms with E-state index in [9.17, 15) is 0 Å². The van der Waals surface area contributed by atoms with Crippen molar-refractivity contribution in [3.63, 3.8) is 0 Å². The lowest BCUT2D eigenvalue weighted by Crippen LogP contribution is -2.38. The normalized spacial score (nSPS) is 15.6. The Balaban J connectivity index is 3.14. The summed E-state index contributed by atoms with van der Waals surface area (Å²) in [5.74, 6) is 0.390. The average molecular weight is 212 g/mol. The molecule has 2 heteroatoms. The molecular formula is C12H18ClN. The molecule has 1 atom stereocenters. The highest BCUT2D eigenvalue weighted by molar-refractivity contribution is 6.31. The minimum atomic E-state index is -0.308. The zero-order valence-electron chi connectivity index (χ0n) is 9.26. The van der Waals surface area contributed by atoms with Gasteiger partial charge in [-0.1, -0.05) is 37.6 Å². The van der Waals surface area contributed by atoms with E-state index in [1.165, 1.54) is 0 Å².